The van der Waals surface area contributed by atoms with Gasteiger partial charge in [-0.2, -0.15) is 0 Å². The minimum absolute atomic E-state index is 0.128. The molecular formula is C18H24NO3-. The zero-order chi connectivity index (χ0) is 16.3. The second-order valence-corrected chi connectivity index (χ2v) is 6.41. The molecule has 2 rings (SSSR count). The highest BCUT2D eigenvalue weighted by atomic mass is 16.4. The summed E-state index contributed by atoms with van der Waals surface area (Å²) in [6, 6.07) is 6.02. The molecule has 1 N–H and O–H groups in total. The zero-order valence-corrected chi connectivity index (χ0v) is 13.5. The number of carbonyl (C=O) groups excluding carboxylic acids is 2. The number of carbonyl (C=O) groups is 2. The van der Waals surface area contributed by atoms with Crippen molar-refractivity contribution < 1.29 is 14.7 Å². The summed E-state index contributed by atoms with van der Waals surface area (Å²) < 4.78 is 0. The third-order valence-electron chi connectivity index (χ3n) is 4.67. The molecule has 1 amide bonds. The van der Waals surface area contributed by atoms with Crippen molar-refractivity contribution >= 4 is 11.9 Å². The van der Waals surface area contributed by atoms with Crippen molar-refractivity contribution in [2.45, 2.75) is 52.5 Å². The topological polar surface area (TPSA) is 69.2 Å². The third-order valence-corrected chi connectivity index (χ3v) is 4.67. The van der Waals surface area contributed by atoms with Crippen molar-refractivity contribution in [3.8, 4) is 0 Å². The number of rotatable bonds is 4. The molecule has 0 aliphatic heterocycles. The third kappa shape index (κ3) is 3.67. The Balaban J connectivity index is 2.10. The van der Waals surface area contributed by atoms with Crippen molar-refractivity contribution in [1.82, 2.24) is 5.32 Å². The standard InChI is InChI=1S/C18H25NO3/c1-11-8-9-12(2)16(10-11)13(3)19-17(20)14-6-4-5-7-15(14)18(21)22/h8-10,13-15H,4-7H2,1-3H3,(H,19,20)(H,21,22)/p-1/t13-,14+,15-/m0/s1. The van der Waals surface area contributed by atoms with Crippen molar-refractivity contribution in [2.75, 3.05) is 0 Å². The first-order valence-electron chi connectivity index (χ1n) is 7.98. The Morgan fingerprint density at radius 1 is 1.18 bits per heavy atom. The number of hydrogen-bond donors (Lipinski definition) is 1. The molecule has 4 nitrogen and oxygen atoms in total. The van der Waals surface area contributed by atoms with E-state index in [4.69, 9.17) is 0 Å². The van der Waals surface area contributed by atoms with Gasteiger partial charge in [0.1, 0.15) is 0 Å². The van der Waals surface area contributed by atoms with Crippen LogP contribution in [-0.2, 0) is 9.59 Å². The highest BCUT2D eigenvalue weighted by Crippen LogP contribution is 2.30. The molecule has 0 radical (unpaired) electrons. The lowest BCUT2D eigenvalue weighted by molar-refractivity contribution is -0.314. The maximum atomic E-state index is 12.5. The minimum Gasteiger partial charge on any atom is -0.550 e. The lowest BCUT2D eigenvalue weighted by atomic mass is 9.78. The predicted molar refractivity (Wildman–Crippen MR) is 82.9 cm³/mol. The van der Waals surface area contributed by atoms with Gasteiger partial charge in [-0.25, -0.2) is 0 Å². The molecule has 120 valence electrons. The molecule has 0 spiro atoms. The Morgan fingerprint density at radius 2 is 1.82 bits per heavy atom. The van der Waals surface area contributed by atoms with Crippen LogP contribution in [0.5, 0.6) is 0 Å². The van der Waals surface area contributed by atoms with Gasteiger partial charge in [0, 0.05) is 17.8 Å². The first-order valence-corrected chi connectivity index (χ1v) is 7.98. The van der Waals surface area contributed by atoms with Crippen molar-refractivity contribution in [1.29, 1.82) is 0 Å². The van der Waals surface area contributed by atoms with Gasteiger partial charge in [0.05, 0.1) is 6.04 Å². The number of carboxylic acids is 1. The van der Waals surface area contributed by atoms with Crippen molar-refractivity contribution in [3.63, 3.8) is 0 Å². The molecule has 22 heavy (non-hydrogen) atoms. The van der Waals surface area contributed by atoms with E-state index in [9.17, 15) is 14.7 Å². The van der Waals surface area contributed by atoms with E-state index in [1.165, 1.54) is 0 Å². The largest absolute Gasteiger partial charge is 0.550 e. The number of nitrogens with one attached hydrogen (secondary N) is 1. The van der Waals surface area contributed by atoms with E-state index >= 15 is 0 Å². The van der Waals surface area contributed by atoms with Crippen LogP contribution in [0.1, 0.15) is 55.3 Å². The molecule has 0 aromatic heterocycles. The van der Waals surface area contributed by atoms with Crippen LogP contribution in [-0.4, -0.2) is 11.9 Å². The fraction of sp³-hybridized carbons (Fsp3) is 0.556. The van der Waals surface area contributed by atoms with Crippen LogP contribution >= 0.6 is 0 Å². The van der Waals surface area contributed by atoms with E-state index in [0.29, 0.717) is 12.8 Å². The normalized spacial score (nSPS) is 22.9. The fourth-order valence-electron chi connectivity index (χ4n) is 3.35. The van der Waals surface area contributed by atoms with Crippen LogP contribution in [0.4, 0.5) is 0 Å². The van der Waals surface area contributed by atoms with Gasteiger partial charge >= 0.3 is 0 Å². The molecule has 0 heterocycles. The van der Waals surface area contributed by atoms with Crippen LogP contribution in [0.3, 0.4) is 0 Å². The Bertz CT molecular complexity index is 567. The summed E-state index contributed by atoms with van der Waals surface area (Å²) in [4.78, 5) is 23.7. The molecule has 4 heteroatoms. The zero-order valence-electron chi connectivity index (χ0n) is 13.5. The summed E-state index contributed by atoms with van der Waals surface area (Å²) in [6.45, 7) is 5.98. The van der Waals surface area contributed by atoms with E-state index < -0.39 is 17.8 Å². The number of hydrogen-bond acceptors (Lipinski definition) is 3. The van der Waals surface area contributed by atoms with Gasteiger partial charge in [0.25, 0.3) is 0 Å². The predicted octanol–water partition coefficient (Wildman–Crippen LogP) is 2.04. The number of benzene rings is 1. The Hall–Kier alpha value is -1.84. The van der Waals surface area contributed by atoms with E-state index in [0.717, 1.165) is 29.5 Å². The van der Waals surface area contributed by atoms with E-state index in [2.05, 4.69) is 11.4 Å². The summed E-state index contributed by atoms with van der Waals surface area (Å²) in [5.74, 6) is -2.38. The molecule has 0 bridgehead atoms. The quantitative estimate of drug-likeness (QED) is 0.925. The van der Waals surface area contributed by atoms with Gasteiger partial charge < -0.3 is 15.2 Å². The molecular weight excluding hydrogens is 278 g/mol. The van der Waals surface area contributed by atoms with Gasteiger partial charge in [-0.3, -0.25) is 4.79 Å². The summed E-state index contributed by atoms with van der Waals surface area (Å²) in [5, 5.41) is 14.2. The second-order valence-electron chi connectivity index (χ2n) is 6.41. The Kier molecular flexibility index (Phi) is 5.22. The molecule has 1 fully saturated rings. The summed E-state index contributed by atoms with van der Waals surface area (Å²) in [5.41, 5.74) is 3.35. The Labute approximate surface area is 131 Å². The van der Waals surface area contributed by atoms with Gasteiger partial charge in [-0.15, -0.1) is 0 Å². The number of carboxylic acid groups (broad SMARTS) is 1. The van der Waals surface area contributed by atoms with E-state index in [1.54, 1.807) is 0 Å². The van der Waals surface area contributed by atoms with Gasteiger partial charge in [-0.05, 0) is 44.7 Å². The summed E-state index contributed by atoms with van der Waals surface area (Å²) in [7, 11) is 0. The van der Waals surface area contributed by atoms with E-state index in [-0.39, 0.29) is 11.9 Å². The van der Waals surface area contributed by atoms with Crippen LogP contribution in [0.2, 0.25) is 0 Å². The number of aryl methyl sites for hydroxylation is 2. The average molecular weight is 302 g/mol. The maximum Gasteiger partial charge on any atom is 0.224 e. The lowest BCUT2D eigenvalue weighted by Gasteiger charge is -2.32. The molecule has 1 aromatic rings. The van der Waals surface area contributed by atoms with Gasteiger partial charge in [-0.1, -0.05) is 36.6 Å². The van der Waals surface area contributed by atoms with Crippen molar-refractivity contribution in [3.05, 3.63) is 34.9 Å². The molecule has 1 aliphatic carbocycles. The highest BCUT2D eigenvalue weighted by molar-refractivity contribution is 5.84. The van der Waals surface area contributed by atoms with Crippen LogP contribution in [0, 0.1) is 25.7 Å². The van der Waals surface area contributed by atoms with Gasteiger partial charge in [0.2, 0.25) is 5.91 Å². The molecule has 1 aliphatic rings. The SMILES string of the molecule is Cc1ccc(C)c([C@H](C)NC(=O)[C@@H]2CCCC[C@@H]2C(=O)[O-])c1. The second kappa shape index (κ2) is 6.95. The highest BCUT2D eigenvalue weighted by Gasteiger charge is 2.32. The van der Waals surface area contributed by atoms with Gasteiger partial charge in [0.15, 0.2) is 0 Å². The minimum atomic E-state index is -1.10. The lowest BCUT2D eigenvalue weighted by Crippen LogP contribution is -2.45. The number of aliphatic carboxylic acids is 1. The fourth-order valence-corrected chi connectivity index (χ4v) is 3.35. The van der Waals surface area contributed by atoms with Crippen LogP contribution < -0.4 is 10.4 Å². The molecule has 0 unspecified atom stereocenters. The van der Waals surface area contributed by atoms with Crippen LogP contribution in [0.15, 0.2) is 18.2 Å². The van der Waals surface area contributed by atoms with Crippen molar-refractivity contribution in [2.24, 2.45) is 11.8 Å². The molecule has 1 aromatic carbocycles. The van der Waals surface area contributed by atoms with E-state index in [1.807, 2.05) is 32.9 Å². The number of amides is 1. The smallest absolute Gasteiger partial charge is 0.224 e. The average Bonchev–Trinajstić information content (AvgIpc) is 2.49. The maximum absolute atomic E-state index is 12.5. The molecule has 3 atom stereocenters. The summed E-state index contributed by atoms with van der Waals surface area (Å²) >= 11 is 0. The molecule has 1 saturated carbocycles. The summed E-state index contributed by atoms with van der Waals surface area (Å²) in [6.07, 6.45) is 2.93. The molecule has 0 saturated heterocycles. The monoisotopic (exact) mass is 302 g/mol. The first-order chi connectivity index (χ1) is 10.4. The Morgan fingerprint density at radius 3 is 2.45 bits per heavy atom. The van der Waals surface area contributed by atoms with Crippen LogP contribution in [0.25, 0.3) is 0 Å². The first kappa shape index (κ1) is 16.5.